The average molecular weight is 151 g/mol. The summed E-state index contributed by atoms with van der Waals surface area (Å²) in [7, 11) is -0.0548. The second-order valence-electron chi connectivity index (χ2n) is 2.03. The summed E-state index contributed by atoms with van der Waals surface area (Å²) in [6.45, 7) is 0. The summed E-state index contributed by atoms with van der Waals surface area (Å²) in [6, 6.07) is 0. The van der Waals surface area contributed by atoms with Gasteiger partial charge in [0.25, 0.3) is 0 Å². The van der Waals surface area contributed by atoms with E-state index in [1.165, 1.54) is 7.11 Å². The van der Waals surface area contributed by atoms with Gasteiger partial charge < -0.3 is 14.8 Å². The largest absolute Gasteiger partial charge is 0.531 e. The molecule has 11 heavy (non-hydrogen) atoms. The lowest BCUT2D eigenvalue weighted by molar-refractivity contribution is 0.298. The predicted octanol–water partition coefficient (Wildman–Crippen LogP) is -0.172. The lowest BCUT2D eigenvalue weighted by atomic mass is 9.76. The van der Waals surface area contributed by atoms with Gasteiger partial charge in [0.05, 0.1) is 19.3 Å². The fourth-order valence-corrected chi connectivity index (χ4v) is 0.814. The van der Waals surface area contributed by atoms with Gasteiger partial charge >= 0.3 is 7.12 Å². The first-order valence-corrected chi connectivity index (χ1v) is 3.16. The molecule has 56 valence electrons. The summed E-state index contributed by atoms with van der Waals surface area (Å²) in [5, 5.41) is 17.6. The lowest BCUT2D eigenvalue weighted by Gasteiger charge is -2.01. The lowest BCUT2D eigenvalue weighted by Crippen LogP contribution is -2.18. The molecule has 0 bridgehead atoms. The van der Waals surface area contributed by atoms with Crippen LogP contribution < -0.4 is 0 Å². The predicted molar refractivity (Wildman–Crippen MR) is 41.2 cm³/mol. The molecule has 2 N–H and O–H groups in total. The van der Waals surface area contributed by atoms with E-state index in [0.717, 1.165) is 0 Å². The van der Waals surface area contributed by atoms with Crippen LogP contribution in [-0.4, -0.2) is 24.3 Å². The van der Waals surface area contributed by atoms with E-state index in [9.17, 15) is 0 Å². The van der Waals surface area contributed by atoms with Crippen molar-refractivity contribution in [1.82, 2.24) is 0 Å². The van der Waals surface area contributed by atoms with Crippen LogP contribution in [0.4, 0.5) is 0 Å². The average Bonchev–Trinajstić information content (AvgIpc) is 2.04. The van der Waals surface area contributed by atoms with Crippen molar-refractivity contribution in [3.05, 3.63) is 35.5 Å². The van der Waals surface area contributed by atoms with E-state index in [-0.39, 0.29) is 5.47 Å². The van der Waals surface area contributed by atoms with Gasteiger partial charge in [0, 0.05) is 6.08 Å². The van der Waals surface area contributed by atoms with Gasteiger partial charge in [-0.05, 0) is 0 Å². The van der Waals surface area contributed by atoms with Crippen LogP contribution in [0.15, 0.2) is 29.5 Å². The van der Waals surface area contributed by atoms with E-state index in [0.29, 0.717) is 5.76 Å². The Labute approximate surface area is 65.4 Å². The van der Waals surface area contributed by atoms with Crippen molar-refractivity contribution in [1.29, 1.82) is 0 Å². The highest BCUT2D eigenvalue weighted by Gasteiger charge is 2.29. The molecule has 1 aliphatic rings. The Balaban J connectivity index is 2.86. The number of hydrogen-bond donors (Lipinski definition) is 2. The number of allylic oxidation sites excluding steroid dienone is 5. The first-order chi connectivity index (χ1) is 5.25. The van der Waals surface area contributed by atoms with E-state index in [1.54, 1.807) is 18.2 Å². The fraction of sp³-hybridized carbons (Fsp3) is 0.143. The third-order valence-electron chi connectivity index (χ3n) is 1.33. The molecule has 0 aliphatic heterocycles. The van der Waals surface area contributed by atoms with E-state index >= 15 is 0 Å². The summed E-state index contributed by atoms with van der Waals surface area (Å²) >= 11 is 0. The Hall–Kier alpha value is -1.09. The highest BCUT2D eigenvalue weighted by atomic mass is 16.5. The van der Waals surface area contributed by atoms with Gasteiger partial charge in [-0.2, -0.15) is 0 Å². The SMILES string of the molecule is COC1=CC=C[C+]=C1B(O)O. The zero-order valence-electron chi connectivity index (χ0n) is 6.11. The first kappa shape index (κ1) is 8.02. The smallest absolute Gasteiger partial charge is 0.438 e. The summed E-state index contributed by atoms with van der Waals surface area (Å²) in [4.78, 5) is 0. The van der Waals surface area contributed by atoms with E-state index < -0.39 is 7.12 Å². The van der Waals surface area contributed by atoms with Gasteiger partial charge in [-0.3, -0.25) is 0 Å². The molecule has 0 saturated heterocycles. The van der Waals surface area contributed by atoms with Crippen LogP contribution in [0, 0.1) is 6.08 Å². The number of hydrogen-bond acceptors (Lipinski definition) is 3. The van der Waals surface area contributed by atoms with Gasteiger partial charge in [-0.15, -0.1) is 0 Å². The van der Waals surface area contributed by atoms with Crippen LogP contribution in [0.3, 0.4) is 0 Å². The number of ether oxygens (including phenoxy) is 1. The van der Waals surface area contributed by atoms with Crippen LogP contribution >= 0.6 is 0 Å². The van der Waals surface area contributed by atoms with E-state index in [1.807, 2.05) is 0 Å². The first-order valence-electron chi connectivity index (χ1n) is 3.16. The third-order valence-corrected chi connectivity index (χ3v) is 1.33. The maximum absolute atomic E-state index is 8.78. The molecule has 0 spiro atoms. The second-order valence-corrected chi connectivity index (χ2v) is 2.03. The highest BCUT2D eigenvalue weighted by Crippen LogP contribution is 2.14. The fourth-order valence-electron chi connectivity index (χ4n) is 0.814. The second kappa shape index (κ2) is 3.35. The van der Waals surface area contributed by atoms with Crippen molar-refractivity contribution in [3.63, 3.8) is 0 Å². The molecule has 4 heteroatoms. The number of rotatable bonds is 2. The topological polar surface area (TPSA) is 49.7 Å². The summed E-state index contributed by atoms with van der Waals surface area (Å²) in [5.74, 6) is 0.433. The molecule has 0 fully saturated rings. The Bertz CT molecular complexity index is 228. The van der Waals surface area contributed by atoms with Crippen LogP contribution in [0.25, 0.3) is 0 Å². The maximum atomic E-state index is 8.78. The van der Waals surface area contributed by atoms with Crippen LogP contribution in [0.1, 0.15) is 0 Å². The molecule has 0 aromatic carbocycles. The monoisotopic (exact) mass is 151 g/mol. The Morgan fingerprint density at radius 2 is 2.27 bits per heavy atom. The van der Waals surface area contributed by atoms with Crippen LogP contribution in [0.5, 0.6) is 0 Å². The molecular weight excluding hydrogens is 143 g/mol. The number of methoxy groups -OCH3 is 1. The standard InChI is InChI=1S/C7H8BO3/c1-11-7-5-3-2-4-6(7)8(9)10/h2-3,5,9-10H,1H3/q+1. The third kappa shape index (κ3) is 1.68. The summed E-state index contributed by atoms with van der Waals surface area (Å²) in [5.41, 5.74) is 0.259. The maximum Gasteiger partial charge on any atom is 0.531 e. The van der Waals surface area contributed by atoms with Crippen molar-refractivity contribution >= 4 is 7.12 Å². The Morgan fingerprint density at radius 1 is 1.55 bits per heavy atom. The van der Waals surface area contributed by atoms with Crippen molar-refractivity contribution in [2.75, 3.05) is 7.11 Å². The van der Waals surface area contributed by atoms with Crippen LogP contribution in [-0.2, 0) is 4.74 Å². The van der Waals surface area contributed by atoms with Gasteiger partial charge in [-0.1, -0.05) is 0 Å². The minimum absolute atomic E-state index is 0.259. The van der Waals surface area contributed by atoms with Crippen molar-refractivity contribution in [2.45, 2.75) is 0 Å². The molecule has 0 unspecified atom stereocenters. The molecule has 3 nitrogen and oxygen atoms in total. The molecule has 1 rings (SSSR count). The molecule has 0 amide bonds. The molecule has 0 radical (unpaired) electrons. The van der Waals surface area contributed by atoms with Gasteiger partial charge in [-0.25, -0.2) is 0 Å². The molecule has 0 heterocycles. The molecule has 0 aromatic rings. The van der Waals surface area contributed by atoms with Crippen molar-refractivity contribution in [2.24, 2.45) is 0 Å². The Morgan fingerprint density at radius 3 is 2.73 bits per heavy atom. The normalized spacial score (nSPS) is 14.8. The summed E-state index contributed by atoms with van der Waals surface area (Å²) < 4.78 is 4.86. The molecule has 0 saturated carbocycles. The Kier molecular flexibility index (Phi) is 2.44. The molecular formula is C7H8BO3+. The van der Waals surface area contributed by atoms with E-state index in [2.05, 4.69) is 6.08 Å². The molecule has 0 aromatic heterocycles. The molecule has 1 aliphatic carbocycles. The highest BCUT2D eigenvalue weighted by molar-refractivity contribution is 6.52. The van der Waals surface area contributed by atoms with Gasteiger partial charge in [0.1, 0.15) is 6.08 Å². The zero-order valence-corrected chi connectivity index (χ0v) is 6.11. The quantitative estimate of drug-likeness (QED) is 0.425. The van der Waals surface area contributed by atoms with Crippen LogP contribution in [0.2, 0.25) is 0 Å². The minimum Gasteiger partial charge on any atom is -0.438 e. The van der Waals surface area contributed by atoms with E-state index in [4.69, 9.17) is 14.8 Å². The van der Waals surface area contributed by atoms with Gasteiger partial charge in [0.15, 0.2) is 5.47 Å². The van der Waals surface area contributed by atoms with Crippen molar-refractivity contribution < 1.29 is 14.8 Å². The van der Waals surface area contributed by atoms with Gasteiger partial charge in [0.2, 0.25) is 5.76 Å². The minimum atomic E-state index is -1.52. The summed E-state index contributed by atoms with van der Waals surface area (Å²) in [6.07, 6.45) is 7.61. The van der Waals surface area contributed by atoms with Crippen molar-refractivity contribution in [3.8, 4) is 0 Å². The zero-order chi connectivity index (χ0) is 8.27. The molecule has 0 atom stereocenters.